The predicted molar refractivity (Wildman–Crippen MR) is 110 cm³/mol. The third-order valence-electron chi connectivity index (χ3n) is 4.23. The number of pyridine rings is 1. The first-order valence-electron chi connectivity index (χ1n) is 8.74. The molecule has 0 aliphatic heterocycles. The van der Waals surface area contributed by atoms with Crippen molar-refractivity contribution in [3.05, 3.63) is 53.2 Å². The largest absolute Gasteiger partial charge is 0.441 e. The molecule has 0 unspecified atom stereocenters. The second-order valence-corrected chi connectivity index (χ2v) is 8.48. The van der Waals surface area contributed by atoms with Crippen LogP contribution in [0.15, 0.2) is 47.5 Å². The molecule has 158 valence electrons. The van der Waals surface area contributed by atoms with E-state index in [1.807, 2.05) is 0 Å². The molecule has 0 saturated carbocycles. The number of aryl methyl sites for hydroxylation is 1. The van der Waals surface area contributed by atoms with Crippen LogP contribution < -0.4 is 10.0 Å². The summed E-state index contributed by atoms with van der Waals surface area (Å²) in [5.74, 6) is 0.239. The Morgan fingerprint density at radius 1 is 1.23 bits per heavy atom. The van der Waals surface area contributed by atoms with Crippen LogP contribution in [0.25, 0.3) is 11.4 Å². The molecule has 1 aromatic carbocycles. The number of aromatic nitrogens is 4. The number of carbonyl (C=O) groups excluding carboxylic acids is 1. The van der Waals surface area contributed by atoms with Crippen molar-refractivity contribution in [2.24, 2.45) is 7.05 Å². The van der Waals surface area contributed by atoms with Gasteiger partial charge in [-0.15, -0.1) is 5.10 Å². The smallest absolute Gasteiger partial charge is 0.413 e. The summed E-state index contributed by atoms with van der Waals surface area (Å²) in [4.78, 5) is 16.5. The number of rotatable bonds is 6. The topological polar surface area (TPSA) is 128 Å². The molecule has 2 N–H and O–H groups in total. The number of hydrogen-bond donors (Lipinski definition) is 2. The number of benzene rings is 1. The summed E-state index contributed by atoms with van der Waals surface area (Å²) in [5.41, 5.74) is 1.25. The average Bonchev–Trinajstić information content (AvgIpc) is 3.08. The highest BCUT2D eigenvalue weighted by molar-refractivity contribution is 7.89. The predicted octanol–water partition coefficient (Wildman–Crippen LogP) is 2.75. The molecule has 0 aliphatic carbocycles. The van der Waals surface area contributed by atoms with Crippen LogP contribution in [0.2, 0.25) is 5.02 Å². The Balaban J connectivity index is 1.79. The lowest BCUT2D eigenvalue weighted by Gasteiger charge is -2.15. The van der Waals surface area contributed by atoms with Crippen LogP contribution in [0.5, 0.6) is 0 Å². The summed E-state index contributed by atoms with van der Waals surface area (Å²) in [6, 6.07) is 9.91. The molecule has 3 rings (SSSR count). The highest BCUT2D eigenvalue weighted by atomic mass is 35.5. The molecule has 2 heterocycles. The first-order chi connectivity index (χ1) is 14.2. The minimum absolute atomic E-state index is 0.000115. The van der Waals surface area contributed by atoms with Gasteiger partial charge in [0.1, 0.15) is 11.0 Å². The molecule has 1 atom stereocenters. The maximum Gasteiger partial charge on any atom is 0.413 e. The Hall–Kier alpha value is -3.02. The Kier molecular flexibility index (Phi) is 6.34. The van der Waals surface area contributed by atoms with E-state index >= 15 is 0 Å². The van der Waals surface area contributed by atoms with E-state index in [-0.39, 0.29) is 16.4 Å². The Bertz CT molecular complexity index is 1160. The quantitative estimate of drug-likeness (QED) is 0.590. The molecule has 2 aromatic heterocycles. The number of carbonyl (C=O) groups is 1. The molecule has 0 radical (unpaired) electrons. The van der Waals surface area contributed by atoms with Gasteiger partial charge >= 0.3 is 6.09 Å². The molecule has 0 spiro atoms. The van der Waals surface area contributed by atoms with Crippen LogP contribution in [-0.4, -0.2) is 41.5 Å². The standard InChI is InChI=1S/C18H19ClN6O4S/c1-11(13-6-4-5-7-14(13)19)29-18(26)22-17-16(23-24-25(17)3)15-9-8-12(10-21-15)30(27,28)20-2/h4-11,20H,1-3H3,(H,22,26)/t11-/m1/s1. The number of halogens is 1. The fourth-order valence-electron chi connectivity index (χ4n) is 2.62. The van der Waals surface area contributed by atoms with Crippen molar-refractivity contribution in [3.63, 3.8) is 0 Å². The number of ether oxygens (including phenoxy) is 1. The zero-order valence-electron chi connectivity index (χ0n) is 16.3. The lowest BCUT2D eigenvalue weighted by atomic mass is 10.1. The fraction of sp³-hybridized carbons (Fsp3) is 0.222. The summed E-state index contributed by atoms with van der Waals surface area (Å²) >= 11 is 6.14. The first kappa shape index (κ1) is 21.7. The van der Waals surface area contributed by atoms with Crippen LogP contribution >= 0.6 is 11.6 Å². The number of hydrogen-bond acceptors (Lipinski definition) is 7. The minimum Gasteiger partial charge on any atom is -0.441 e. The van der Waals surface area contributed by atoms with Crippen molar-refractivity contribution >= 4 is 33.5 Å². The molecule has 0 fully saturated rings. The number of nitrogens with one attached hydrogen (secondary N) is 2. The first-order valence-corrected chi connectivity index (χ1v) is 10.6. The molecular formula is C18H19ClN6O4S. The molecule has 0 bridgehead atoms. The second kappa shape index (κ2) is 8.78. The number of anilines is 1. The number of nitrogens with zero attached hydrogens (tertiary/aromatic N) is 4. The highest BCUT2D eigenvalue weighted by Gasteiger charge is 2.21. The summed E-state index contributed by atoms with van der Waals surface area (Å²) < 4.78 is 32.6. The molecule has 10 nitrogen and oxygen atoms in total. The Morgan fingerprint density at radius 2 is 1.97 bits per heavy atom. The molecular weight excluding hydrogens is 432 g/mol. The van der Waals surface area contributed by atoms with E-state index in [4.69, 9.17) is 16.3 Å². The maximum absolute atomic E-state index is 12.4. The molecule has 0 aliphatic rings. The van der Waals surface area contributed by atoms with Gasteiger partial charge in [-0.3, -0.25) is 10.3 Å². The van der Waals surface area contributed by atoms with E-state index in [2.05, 4.69) is 25.3 Å². The van der Waals surface area contributed by atoms with Gasteiger partial charge in [0.15, 0.2) is 11.5 Å². The van der Waals surface area contributed by atoms with Gasteiger partial charge in [-0.1, -0.05) is 35.0 Å². The molecule has 0 saturated heterocycles. The van der Waals surface area contributed by atoms with E-state index < -0.39 is 22.2 Å². The molecule has 1 amide bonds. The van der Waals surface area contributed by atoms with Gasteiger partial charge in [0, 0.05) is 23.8 Å². The van der Waals surface area contributed by atoms with Crippen molar-refractivity contribution in [1.82, 2.24) is 24.7 Å². The van der Waals surface area contributed by atoms with E-state index in [0.717, 1.165) is 0 Å². The minimum atomic E-state index is -3.62. The lowest BCUT2D eigenvalue weighted by molar-refractivity contribution is 0.121. The van der Waals surface area contributed by atoms with Gasteiger partial charge in [0.05, 0.1) is 5.69 Å². The van der Waals surface area contributed by atoms with Crippen LogP contribution in [-0.2, 0) is 21.8 Å². The van der Waals surface area contributed by atoms with Gasteiger partial charge in [0.2, 0.25) is 10.0 Å². The van der Waals surface area contributed by atoms with Gasteiger partial charge < -0.3 is 4.74 Å². The highest BCUT2D eigenvalue weighted by Crippen LogP contribution is 2.27. The lowest BCUT2D eigenvalue weighted by Crippen LogP contribution is -2.19. The summed E-state index contributed by atoms with van der Waals surface area (Å²) in [6.07, 6.45) is -0.131. The van der Waals surface area contributed by atoms with E-state index in [0.29, 0.717) is 16.3 Å². The van der Waals surface area contributed by atoms with Gasteiger partial charge in [-0.25, -0.2) is 22.6 Å². The summed E-state index contributed by atoms with van der Waals surface area (Å²) in [7, 11) is -0.723. The monoisotopic (exact) mass is 450 g/mol. The van der Waals surface area contributed by atoms with Crippen LogP contribution in [0.1, 0.15) is 18.6 Å². The van der Waals surface area contributed by atoms with Crippen LogP contribution in [0.4, 0.5) is 10.6 Å². The normalized spacial score (nSPS) is 12.4. The van der Waals surface area contributed by atoms with E-state index in [1.165, 1.54) is 30.1 Å². The van der Waals surface area contributed by atoms with Crippen molar-refractivity contribution in [2.45, 2.75) is 17.9 Å². The van der Waals surface area contributed by atoms with E-state index in [9.17, 15) is 13.2 Å². The molecule has 12 heteroatoms. The Labute approximate surface area is 178 Å². The van der Waals surface area contributed by atoms with Crippen molar-refractivity contribution in [3.8, 4) is 11.4 Å². The second-order valence-electron chi connectivity index (χ2n) is 6.19. The maximum atomic E-state index is 12.4. The average molecular weight is 451 g/mol. The third-order valence-corrected chi connectivity index (χ3v) is 5.98. The van der Waals surface area contributed by atoms with Crippen molar-refractivity contribution < 1.29 is 17.9 Å². The van der Waals surface area contributed by atoms with Crippen molar-refractivity contribution in [1.29, 1.82) is 0 Å². The zero-order valence-corrected chi connectivity index (χ0v) is 17.9. The molecule has 3 aromatic rings. The van der Waals surface area contributed by atoms with Crippen molar-refractivity contribution in [2.75, 3.05) is 12.4 Å². The fourth-order valence-corrected chi connectivity index (χ4v) is 3.59. The summed E-state index contributed by atoms with van der Waals surface area (Å²) in [5, 5.41) is 11.0. The van der Waals surface area contributed by atoms with Crippen LogP contribution in [0.3, 0.4) is 0 Å². The van der Waals surface area contributed by atoms with Gasteiger partial charge in [-0.2, -0.15) is 0 Å². The molecule has 30 heavy (non-hydrogen) atoms. The SMILES string of the molecule is CNS(=O)(=O)c1ccc(-c2nnn(C)c2NC(=O)O[C@H](C)c2ccccc2Cl)nc1. The summed E-state index contributed by atoms with van der Waals surface area (Å²) in [6.45, 7) is 1.70. The third kappa shape index (κ3) is 4.58. The number of sulfonamides is 1. The van der Waals surface area contributed by atoms with Gasteiger partial charge in [0.25, 0.3) is 0 Å². The van der Waals surface area contributed by atoms with Gasteiger partial charge in [-0.05, 0) is 32.2 Å². The Morgan fingerprint density at radius 3 is 2.60 bits per heavy atom. The number of amides is 1. The zero-order chi connectivity index (χ0) is 21.9. The van der Waals surface area contributed by atoms with Crippen LogP contribution in [0, 0.1) is 0 Å². The van der Waals surface area contributed by atoms with E-state index in [1.54, 1.807) is 38.2 Å².